The van der Waals surface area contributed by atoms with E-state index in [-0.39, 0.29) is 12.0 Å². The van der Waals surface area contributed by atoms with Crippen LogP contribution >= 0.6 is 27.5 Å². The molecule has 4 rings (SSSR count). The standard InChI is InChI=1S/C25H27BrClF3N4O4/c1-13-12-33(19-9-22(37-3)31-11-17(19)27)7-6-20(13)38-21-5-4-15(8-16(21)26)34-18(10-23(35)36)14(2)24(32-34)25(28,29)30/h4-5,8-9,11,13-14,18,20H,6-7,10,12H2,1-3H3,(H,35,36)/t13-,14-,18-,20+/m0/s1. The van der Waals surface area contributed by atoms with Crippen molar-refractivity contribution in [3.63, 3.8) is 0 Å². The summed E-state index contributed by atoms with van der Waals surface area (Å²) in [7, 11) is 1.55. The molecule has 0 radical (unpaired) electrons. The fourth-order valence-electron chi connectivity index (χ4n) is 4.85. The van der Waals surface area contributed by atoms with Crippen molar-refractivity contribution >= 4 is 50.6 Å². The smallest absolute Gasteiger partial charge is 0.431 e. The number of carboxylic acid groups (broad SMARTS) is 1. The number of hydrogen-bond acceptors (Lipinski definition) is 7. The number of nitrogens with zero attached hydrogens (tertiary/aromatic N) is 4. The highest BCUT2D eigenvalue weighted by Gasteiger charge is 2.48. The quantitative estimate of drug-likeness (QED) is 0.406. The van der Waals surface area contributed by atoms with Gasteiger partial charge in [-0.25, -0.2) is 4.98 Å². The van der Waals surface area contributed by atoms with E-state index in [1.165, 1.54) is 6.92 Å². The molecule has 0 unspecified atom stereocenters. The zero-order valence-corrected chi connectivity index (χ0v) is 23.2. The van der Waals surface area contributed by atoms with Gasteiger partial charge in [0, 0.05) is 37.4 Å². The van der Waals surface area contributed by atoms with Crippen LogP contribution < -0.4 is 19.4 Å². The van der Waals surface area contributed by atoms with Crippen molar-refractivity contribution in [2.75, 3.05) is 30.1 Å². The Hall–Kier alpha value is -2.73. The van der Waals surface area contributed by atoms with Crippen LogP contribution in [-0.2, 0) is 4.79 Å². The molecule has 8 nitrogen and oxygen atoms in total. The maximum Gasteiger partial charge on any atom is 0.431 e. The molecule has 0 bridgehead atoms. The predicted molar refractivity (Wildman–Crippen MR) is 142 cm³/mol. The molecule has 1 saturated heterocycles. The van der Waals surface area contributed by atoms with E-state index in [2.05, 4.69) is 37.8 Å². The van der Waals surface area contributed by atoms with Gasteiger partial charge in [0.1, 0.15) is 17.6 Å². The van der Waals surface area contributed by atoms with Crippen molar-refractivity contribution < 1.29 is 32.5 Å². The lowest BCUT2D eigenvalue weighted by molar-refractivity contribution is -0.137. The van der Waals surface area contributed by atoms with Gasteiger partial charge in [-0.1, -0.05) is 25.4 Å². The molecular formula is C25H27BrClF3N4O4. The first-order valence-corrected chi connectivity index (χ1v) is 13.1. The number of aliphatic carboxylic acids is 1. The SMILES string of the molecule is COc1cc(N2CC[C@@H](Oc3ccc(N4N=C(C(F)(F)F)[C@@H](C)[C@@H]4CC(=O)O)cc3Br)[C@@H](C)C2)c(Cl)cn1. The van der Waals surface area contributed by atoms with Crippen molar-refractivity contribution in [2.24, 2.45) is 16.9 Å². The number of pyridine rings is 1. The Balaban J connectivity index is 1.49. The van der Waals surface area contributed by atoms with Crippen LogP contribution in [0, 0.1) is 11.8 Å². The van der Waals surface area contributed by atoms with Gasteiger partial charge in [0.2, 0.25) is 5.88 Å². The zero-order valence-electron chi connectivity index (χ0n) is 20.9. The summed E-state index contributed by atoms with van der Waals surface area (Å²) >= 11 is 9.83. The number of ether oxygens (including phenoxy) is 2. The normalized spacial score (nSPS) is 23.8. The van der Waals surface area contributed by atoms with E-state index < -0.39 is 36.2 Å². The van der Waals surface area contributed by atoms with Crippen LogP contribution in [0.5, 0.6) is 11.6 Å². The van der Waals surface area contributed by atoms with E-state index in [4.69, 9.17) is 21.1 Å². The van der Waals surface area contributed by atoms with Crippen molar-refractivity contribution in [2.45, 2.75) is 45.0 Å². The van der Waals surface area contributed by atoms with Gasteiger partial charge < -0.3 is 19.5 Å². The molecule has 38 heavy (non-hydrogen) atoms. The minimum atomic E-state index is -4.65. The zero-order chi connectivity index (χ0) is 27.8. The summed E-state index contributed by atoms with van der Waals surface area (Å²) in [4.78, 5) is 17.6. The molecule has 1 fully saturated rings. The average Bonchev–Trinajstić information content (AvgIpc) is 3.17. The monoisotopic (exact) mass is 618 g/mol. The van der Waals surface area contributed by atoms with Crippen molar-refractivity contribution in [3.05, 3.63) is 40.0 Å². The molecule has 1 aromatic carbocycles. The van der Waals surface area contributed by atoms with Gasteiger partial charge in [0.05, 0.1) is 46.6 Å². The fourth-order valence-corrected chi connectivity index (χ4v) is 5.54. The molecule has 2 aliphatic rings. The van der Waals surface area contributed by atoms with Gasteiger partial charge in [0.15, 0.2) is 0 Å². The highest BCUT2D eigenvalue weighted by Crippen LogP contribution is 2.40. The predicted octanol–water partition coefficient (Wildman–Crippen LogP) is 6.02. The fraction of sp³-hybridized carbons (Fsp3) is 0.480. The largest absolute Gasteiger partial charge is 0.489 e. The van der Waals surface area contributed by atoms with Crippen molar-refractivity contribution in [1.82, 2.24) is 4.98 Å². The summed E-state index contributed by atoms with van der Waals surface area (Å²) < 4.78 is 52.5. The Labute approximate surface area is 231 Å². The van der Waals surface area contributed by atoms with Gasteiger partial charge >= 0.3 is 12.1 Å². The summed E-state index contributed by atoms with van der Waals surface area (Å²) in [6.45, 7) is 4.79. The molecule has 206 valence electrons. The molecule has 13 heteroatoms. The Bertz CT molecular complexity index is 1230. The number of aromatic nitrogens is 1. The number of anilines is 2. The van der Waals surface area contributed by atoms with Gasteiger partial charge in [0.25, 0.3) is 0 Å². The Morgan fingerprint density at radius 2 is 2.03 bits per heavy atom. The maximum atomic E-state index is 13.5. The molecule has 3 heterocycles. The highest BCUT2D eigenvalue weighted by molar-refractivity contribution is 9.10. The van der Waals surface area contributed by atoms with Gasteiger partial charge in [-0.05, 0) is 34.1 Å². The number of alkyl halides is 3. The van der Waals surface area contributed by atoms with Crippen LogP contribution in [0.2, 0.25) is 5.02 Å². The molecule has 0 saturated carbocycles. The molecular weight excluding hydrogens is 593 g/mol. The van der Waals surface area contributed by atoms with Crippen LogP contribution in [-0.4, -0.2) is 60.3 Å². The van der Waals surface area contributed by atoms with Gasteiger partial charge in [-0.3, -0.25) is 9.80 Å². The van der Waals surface area contributed by atoms with Crippen LogP contribution in [0.25, 0.3) is 0 Å². The van der Waals surface area contributed by atoms with E-state index in [0.29, 0.717) is 46.3 Å². The van der Waals surface area contributed by atoms with E-state index in [9.17, 15) is 23.1 Å². The molecule has 1 aromatic heterocycles. The summed E-state index contributed by atoms with van der Waals surface area (Å²) in [5.41, 5.74) is 0.183. The van der Waals surface area contributed by atoms with Crippen LogP contribution in [0.1, 0.15) is 26.7 Å². The minimum Gasteiger partial charge on any atom is -0.489 e. The topological polar surface area (TPSA) is 87.5 Å². The number of methoxy groups -OCH3 is 1. The van der Waals surface area contributed by atoms with Gasteiger partial charge in [-0.15, -0.1) is 0 Å². The molecule has 2 aromatic rings. The second-order valence-corrected chi connectivity index (χ2v) is 10.7. The molecule has 0 spiro atoms. The molecule has 4 atom stereocenters. The van der Waals surface area contributed by atoms with E-state index >= 15 is 0 Å². The Morgan fingerprint density at radius 1 is 1.29 bits per heavy atom. The number of carboxylic acids is 1. The van der Waals surface area contributed by atoms with E-state index in [0.717, 1.165) is 10.7 Å². The number of benzene rings is 1. The summed E-state index contributed by atoms with van der Waals surface area (Å²) in [6, 6.07) is 5.68. The van der Waals surface area contributed by atoms with E-state index in [1.807, 2.05) is 0 Å². The van der Waals surface area contributed by atoms with E-state index in [1.54, 1.807) is 37.6 Å². The Kier molecular flexibility index (Phi) is 8.32. The highest BCUT2D eigenvalue weighted by atomic mass is 79.9. The first kappa shape index (κ1) is 28.3. The number of hydrogen-bond donors (Lipinski definition) is 1. The van der Waals surface area contributed by atoms with Crippen LogP contribution in [0.3, 0.4) is 0 Å². The van der Waals surface area contributed by atoms with Crippen molar-refractivity contribution in [1.29, 1.82) is 0 Å². The van der Waals surface area contributed by atoms with Crippen molar-refractivity contribution in [3.8, 4) is 11.6 Å². The summed E-state index contributed by atoms with van der Waals surface area (Å²) in [5, 5.41) is 14.7. The number of carbonyl (C=O) groups is 1. The first-order valence-electron chi connectivity index (χ1n) is 12.0. The second-order valence-electron chi connectivity index (χ2n) is 9.44. The molecule has 0 aliphatic carbocycles. The maximum absolute atomic E-state index is 13.5. The molecule has 2 aliphatic heterocycles. The first-order chi connectivity index (χ1) is 17.9. The minimum absolute atomic E-state index is 0.114. The third-order valence-corrected chi connectivity index (χ3v) is 7.77. The molecule has 1 N–H and O–H groups in total. The summed E-state index contributed by atoms with van der Waals surface area (Å²) in [5.74, 6) is -1.16. The average molecular weight is 620 g/mol. The number of hydrazone groups is 1. The number of piperidine rings is 1. The Morgan fingerprint density at radius 3 is 2.63 bits per heavy atom. The van der Waals surface area contributed by atoms with Crippen LogP contribution in [0.15, 0.2) is 40.0 Å². The number of rotatable bonds is 7. The lowest BCUT2D eigenvalue weighted by atomic mass is 9.94. The lowest BCUT2D eigenvalue weighted by Crippen LogP contribution is -2.44. The molecule has 0 amide bonds. The number of halogens is 5. The third-order valence-electron chi connectivity index (χ3n) is 6.86. The van der Waals surface area contributed by atoms with Crippen LogP contribution in [0.4, 0.5) is 24.5 Å². The summed E-state index contributed by atoms with van der Waals surface area (Å²) in [6.07, 6.45) is -2.98. The van der Waals surface area contributed by atoms with Gasteiger partial charge in [-0.2, -0.15) is 18.3 Å². The third kappa shape index (κ3) is 5.96. The lowest BCUT2D eigenvalue weighted by Gasteiger charge is -2.38. The second kappa shape index (κ2) is 11.2.